The zero-order chi connectivity index (χ0) is 13.3. The molecular weight excluding hydrogens is 247 g/mol. The van der Waals surface area contributed by atoms with Crippen LogP contribution in [0, 0.1) is 17.4 Å². The van der Waals surface area contributed by atoms with Crippen molar-refractivity contribution in [3.05, 3.63) is 46.0 Å². The number of aromatic amines is 1. The Labute approximate surface area is 111 Å². The van der Waals surface area contributed by atoms with E-state index in [1.54, 1.807) is 19.1 Å². The van der Waals surface area contributed by atoms with Crippen molar-refractivity contribution >= 4 is 12.2 Å². The first kappa shape index (κ1) is 12.9. The third kappa shape index (κ3) is 2.64. The van der Waals surface area contributed by atoms with Crippen LogP contribution in [0.15, 0.2) is 24.3 Å². The maximum Gasteiger partial charge on any atom is 0.139 e. The normalized spacial score (nSPS) is 10.9. The Morgan fingerprint density at radius 3 is 2.61 bits per heavy atom. The minimum atomic E-state index is -0.211. The molecular formula is C14H15FN2S. The monoisotopic (exact) mass is 262 g/mol. The highest BCUT2D eigenvalue weighted by Crippen LogP contribution is 2.20. The van der Waals surface area contributed by atoms with Gasteiger partial charge in [-0.3, -0.25) is 0 Å². The van der Waals surface area contributed by atoms with E-state index < -0.39 is 0 Å². The van der Waals surface area contributed by atoms with Crippen molar-refractivity contribution in [3.63, 3.8) is 0 Å². The Morgan fingerprint density at radius 2 is 2.00 bits per heavy atom. The molecule has 0 saturated carbocycles. The van der Waals surface area contributed by atoms with Gasteiger partial charge in [-0.05, 0) is 42.7 Å². The number of hydrogen-bond acceptors (Lipinski definition) is 2. The third-order valence-electron chi connectivity index (χ3n) is 2.82. The van der Waals surface area contributed by atoms with Crippen LogP contribution in [0.3, 0.4) is 0 Å². The van der Waals surface area contributed by atoms with E-state index in [9.17, 15) is 4.39 Å². The summed E-state index contributed by atoms with van der Waals surface area (Å²) in [4.78, 5) is 7.54. The topological polar surface area (TPSA) is 28.7 Å². The van der Waals surface area contributed by atoms with E-state index in [1.807, 2.05) is 6.07 Å². The summed E-state index contributed by atoms with van der Waals surface area (Å²) in [5.74, 6) is 0.821. The summed E-state index contributed by atoms with van der Waals surface area (Å²) in [6.45, 7) is 5.90. The summed E-state index contributed by atoms with van der Waals surface area (Å²) in [6.07, 6.45) is 0. The van der Waals surface area contributed by atoms with Gasteiger partial charge in [0.05, 0.1) is 0 Å². The van der Waals surface area contributed by atoms with Gasteiger partial charge < -0.3 is 4.98 Å². The quantitative estimate of drug-likeness (QED) is 0.814. The molecule has 0 saturated heterocycles. The van der Waals surface area contributed by atoms with Crippen LogP contribution in [-0.2, 0) is 0 Å². The van der Waals surface area contributed by atoms with E-state index in [4.69, 9.17) is 12.2 Å². The molecule has 0 unspecified atom stereocenters. The number of nitrogens with zero attached hydrogens (tertiary/aromatic N) is 1. The van der Waals surface area contributed by atoms with Gasteiger partial charge >= 0.3 is 0 Å². The van der Waals surface area contributed by atoms with Gasteiger partial charge in [0.15, 0.2) is 0 Å². The molecule has 0 radical (unpaired) electrons. The van der Waals surface area contributed by atoms with Gasteiger partial charge in [-0.1, -0.05) is 26.1 Å². The Morgan fingerprint density at radius 1 is 1.28 bits per heavy atom. The first-order chi connectivity index (χ1) is 8.47. The van der Waals surface area contributed by atoms with Gasteiger partial charge in [0, 0.05) is 11.3 Å². The van der Waals surface area contributed by atoms with Crippen molar-refractivity contribution in [2.24, 2.45) is 0 Å². The number of H-pyrrole nitrogens is 1. The summed E-state index contributed by atoms with van der Waals surface area (Å²) in [5.41, 5.74) is 2.48. The first-order valence-corrected chi connectivity index (χ1v) is 6.26. The van der Waals surface area contributed by atoms with E-state index in [0.717, 1.165) is 11.3 Å². The molecule has 0 aliphatic carbocycles. The van der Waals surface area contributed by atoms with E-state index in [1.165, 1.54) is 6.07 Å². The van der Waals surface area contributed by atoms with E-state index in [2.05, 4.69) is 23.8 Å². The lowest BCUT2D eigenvalue weighted by Gasteiger charge is -2.09. The molecule has 0 aliphatic rings. The number of benzene rings is 1. The van der Waals surface area contributed by atoms with Crippen LogP contribution < -0.4 is 0 Å². The SMILES string of the molecule is Cc1cc(-c2nc(=S)cc(C(C)C)[nH]2)ccc1F. The molecule has 1 N–H and O–H groups in total. The largest absolute Gasteiger partial charge is 0.343 e. The molecule has 0 atom stereocenters. The predicted octanol–water partition coefficient (Wildman–Crippen LogP) is 4.38. The van der Waals surface area contributed by atoms with E-state index in [0.29, 0.717) is 21.9 Å². The van der Waals surface area contributed by atoms with Crippen molar-refractivity contribution < 1.29 is 4.39 Å². The highest BCUT2D eigenvalue weighted by Gasteiger charge is 2.07. The van der Waals surface area contributed by atoms with Crippen LogP contribution in [0.2, 0.25) is 0 Å². The second kappa shape index (κ2) is 4.98. The Bertz CT molecular complexity index is 632. The minimum Gasteiger partial charge on any atom is -0.343 e. The molecule has 1 aromatic heterocycles. The summed E-state index contributed by atoms with van der Waals surface area (Å²) >= 11 is 5.16. The predicted molar refractivity (Wildman–Crippen MR) is 73.6 cm³/mol. The molecule has 4 heteroatoms. The highest BCUT2D eigenvalue weighted by molar-refractivity contribution is 7.71. The molecule has 18 heavy (non-hydrogen) atoms. The standard InChI is InChI=1S/C14H15FN2S/c1-8(2)12-7-13(18)17-14(16-12)10-4-5-11(15)9(3)6-10/h4-8H,1-3H3,(H,16,17,18). The fourth-order valence-corrected chi connectivity index (χ4v) is 1.93. The van der Waals surface area contributed by atoms with Crippen LogP contribution in [0.5, 0.6) is 0 Å². The number of halogens is 1. The van der Waals surface area contributed by atoms with Gasteiger partial charge in [-0.15, -0.1) is 0 Å². The maximum absolute atomic E-state index is 13.3. The average Bonchev–Trinajstić information content (AvgIpc) is 2.31. The number of rotatable bonds is 2. The number of aryl methyl sites for hydroxylation is 1. The lowest BCUT2D eigenvalue weighted by Crippen LogP contribution is -1.98. The fourth-order valence-electron chi connectivity index (χ4n) is 1.72. The molecule has 2 aromatic rings. The first-order valence-electron chi connectivity index (χ1n) is 5.85. The van der Waals surface area contributed by atoms with Crippen LogP contribution in [0.4, 0.5) is 4.39 Å². The smallest absolute Gasteiger partial charge is 0.139 e. The van der Waals surface area contributed by atoms with E-state index >= 15 is 0 Å². The summed E-state index contributed by atoms with van der Waals surface area (Å²) in [6, 6.07) is 6.79. The maximum atomic E-state index is 13.3. The van der Waals surface area contributed by atoms with Gasteiger partial charge in [0.25, 0.3) is 0 Å². The molecule has 1 heterocycles. The zero-order valence-corrected chi connectivity index (χ0v) is 11.4. The minimum absolute atomic E-state index is 0.211. The Hall–Kier alpha value is -1.55. The zero-order valence-electron chi connectivity index (χ0n) is 10.6. The highest BCUT2D eigenvalue weighted by atomic mass is 32.1. The van der Waals surface area contributed by atoms with Crippen molar-refractivity contribution in [1.29, 1.82) is 0 Å². The third-order valence-corrected chi connectivity index (χ3v) is 3.03. The molecule has 0 spiro atoms. The van der Waals surface area contributed by atoms with Gasteiger partial charge in [0.1, 0.15) is 16.3 Å². The fraction of sp³-hybridized carbons (Fsp3) is 0.286. The van der Waals surface area contributed by atoms with Crippen molar-refractivity contribution in [3.8, 4) is 11.4 Å². The van der Waals surface area contributed by atoms with Gasteiger partial charge in [-0.2, -0.15) is 0 Å². The molecule has 94 valence electrons. The molecule has 0 fully saturated rings. The number of aromatic nitrogens is 2. The second-order valence-corrected chi connectivity index (χ2v) is 5.06. The lowest BCUT2D eigenvalue weighted by molar-refractivity contribution is 0.618. The van der Waals surface area contributed by atoms with Crippen LogP contribution in [0.25, 0.3) is 11.4 Å². The summed E-state index contributed by atoms with van der Waals surface area (Å²) in [5, 5.41) is 0. The average molecular weight is 262 g/mol. The molecule has 1 aromatic carbocycles. The van der Waals surface area contributed by atoms with Gasteiger partial charge in [0.2, 0.25) is 0 Å². The number of nitrogens with one attached hydrogen (secondary N) is 1. The lowest BCUT2D eigenvalue weighted by atomic mass is 10.1. The second-order valence-electron chi connectivity index (χ2n) is 4.64. The summed E-state index contributed by atoms with van der Waals surface area (Å²) in [7, 11) is 0. The molecule has 0 aliphatic heterocycles. The van der Waals surface area contributed by atoms with Crippen molar-refractivity contribution in [2.45, 2.75) is 26.7 Å². The van der Waals surface area contributed by atoms with E-state index in [-0.39, 0.29) is 5.82 Å². The Kier molecular flexibility index (Phi) is 3.57. The molecule has 2 rings (SSSR count). The molecule has 0 amide bonds. The van der Waals surface area contributed by atoms with Crippen LogP contribution in [-0.4, -0.2) is 9.97 Å². The molecule has 2 nitrogen and oxygen atoms in total. The Balaban J connectivity index is 2.56. The van der Waals surface area contributed by atoms with Crippen molar-refractivity contribution in [2.75, 3.05) is 0 Å². The van der Waals surface area contributed by atoms with Crippen LogP contribution >= 0.6 is 12.2 Å². The summed E-state index contributed by atoms with van der Waals surface area (Å²) < 4.78 is 13.8. The van der Waals surface area contributed by atoms with Crippen molar-refractivity contribution in [1.82, 2.24) is 9.97 Å². The molecule has 0 bridgehead atoms. The number of hydrogen-bond donors (Lipinski definition) is 1. The van der Waals surface area contributed by atoms with Gasteiger partial charge in [-0.25, -0.2) is 9.37 Å². The van der Waals surface area contributed by atoms with Crippen LogP contribution in [0.1, 0.15) is 31.0 Å².